The lowest BCUT2D eigenvalue weighted by Gasteiger charge is -2.53. The highest BCUT2D eigenvalue weighted by Crippen LogP contribution is 2.40. The van der Waals surface area contributed by atoms with E-state index in [2.05, 4.69) is 6.58 Å². The van der Waals surface area contributed by atoms with Crippen LogP contribution in [0.3, 0.4) is 0 Å². The summed E-state index contributed by atoms with van der Waals surface area (Å²) in [5, 5.41) is 22.2. The number of methoxy groups -OCH3 is 1. The quantitative estimate of drug-likeness (QED) is 0.281. The van der Waals surface area contributed by atoms with Gasteiger partial charge >= 0.3 is 0 Å². The van der Waals surface area contributed by atoms with Crippen LogP contribution in [-0.2, 0) is 19.0 Å². The Labute approximate surface area is 182 Å². The Morgan fingerprint density at radius 3 is 2.34 bits per heavy atom. The number of carbonyl (C=O) groups is 1. The third-order valence-corrected chi connectivity index (χ3v) is 7.91. The van der Waals surface area contributed by atoms with Crippen molar-refractivity contribution in [1.29, 1.82) is 0 Å². The van der Waals surface area contributed by atoms with Crippen molar-refractivity contribution in [2.24, 2.45) is 0 Å². The molecule has 2 aliphatic heterocycles. The van der Waals surface area contributed by atoms with Gasteiger partial charge in [0.25, 0.3) is 5.91 Å². The van der Waals surface area contributed by atoms with Crippen LogP contribution in [0.2, 0.25) is 0 Å². The van der Waals surface area contributed by atoms with Gasteiger partial charge in [-0.1, -0.05) is 26.0 Å². The van der Waals surface area contributed by atoms with Gasteiger partial charge in [0, 0.05) is 7.11 Å². The minimum atomic E-state index is -1.20. The Balaban J connectivity index is 2.34. The number of thioether (sulfide) groups is 2. The number of aliphatic hydroxyl groups is 2. The Hall–Kier alpha value is -0.290. The maximum atomic E-state index is 12.9. The molecule has 0 aromatic heterocycles. The number of β-lactam (4-membered cyclic amide) rings is 1. The van der Waals surface area contributed by atoms with Crippen molar-refractivity contribution in [2.45, 2.75) is 81.5 Å². The van der Waals surface area contributed by atoms with Crippen molar-refractivity contribution >= 4 is 29.4 Å². The molecule has 0 bridgehead atoms. The molecule has 0 aromatic rings. The van der Waals surface area contributed by atoms with Gasteiger partial charge in [0.05, 0.1) is 23.3 Å². The number of carbonyl (C=O) groups excluding carboxylic acids is 1. The summed E-state index contributed by atoms with van der Waals surface area (Å²) in [6.07, 6.45) is -3.67. The smallest absolute Gasteiger partial charge is 0.255 e. The third kappa shape index (κ3) is 5.31. The summed E-state index contributed by atoms with van der Waals surface area (Å²) in [5.41, 5.74) is 0.784. The largest absolute Gasteiger partial charge is 0.388 e. The summed E-state index contributed by atoms with van der Waals surface area (Å²) in [7, 11) is 1.50. The molecule has 29 heavy (non-hydrogen) atoms. The molecule has 2 aliphatic rings. The number of likely N-dealkylation sites (tertiary alicyclic amines) is 1. The minimum absolute atomic E-state index is 0.117. The number of hydrogen-bond donors (Lipinski definition) is 2. The fourth-order valence-corrected chi connectivity index (χ4v) is 6.71. The zero-order valence-corrected chi connectivity index (χ0v) is 19.8. The molecule has 2 fully saturated rings. The predicted molar refractivity (Wildman–Crippen MR) is 117 cm³/mol. The molecule has 2 saturated heterocycles. The lowest BCUT2D eigenvalue weighted by molar-refractivity contribution is -0.186. The van der Waals surface area contributed by atoms with Crippen molar-refractivity contribution in [3.63, 3.8) is 0 Å². The molecule has 7 nitrogen and oxygen atoms in total. The second kappa shape index (κ2) is 10.3. The van der Waals surface area contributed by atoms with Crippen LogP contribution in [0.1, 0.15) is 34.6 Å². The molecule has 6 atom stereocenters. The first kappa shape index (κ1) is 25.0. The van der Waals surface area contributed by atoms with Crippen molar-refractivity contribution in [2.75, 3.05) is 25.2 Å². The van der Waals surface area contributed by atoms with E-state index in [9.17, 15) is 15.0 Å². The SMILES string of the molecule is C=C(C)[C@@H]1[C@H](OC)C(=O)N1[C@H](C(SCC)SCC)[C@@H](O)[C@@H](O)[C@H]1COC(C)(C)O1. The summed E-state index contributed by atoms with van der Waals surface area (Å²) in [4.78, 5) is 14.5. The molecule has 0 aliphatic carbocycles. The first-order chi connectivity index (χ1) is 13.6. The third-order valence-electron chi connectivity index (χ3n) is 5.22. The topological polar surface area (TPSA) is 88.5 Å². The van der Waals surface area contributed by atoms with Gasteiger partial charge in [0.2, 0.25) is 0 Å². The van der Waals surface area contributed by atoms with Crippen molar-refractivity contribution in [3.05, 3.63) is 12.2 Å². The molecule has 0 radical (unpaired) electrons. The lowest BCUT2D eigenvalue weighted by Crippen LogP contribution is -2.73. The van der Waals surface area contributed by atoms with E-state index in [1.807, 2.05) is 20.8 Å². The first-order valence-corrected chi connectivity index (χ1v) is 12.1. The van der Waals surface area contributed by atoms with E-state index in [0.29, 0.717) is 0 Å². The normalized spacial score (nSPS) is 29.6. The van der Waals surface area contributed by atoms with E-state index in [4.69, 9.17) is 14.2 Å². The average Bonchev–Trinajstić information content (AvgIpc) is 3.02. The number of aliphatic hydroxyl groups excluding tert-OH is 2. The Kier molecular flexibility index (Phi) is 8.91. The van der Waals surface area contributed by atoms with Crippen LogP contribution < -0.4 is 0 Å². The first-order valence-electron chi connectivity index (χ1n) is 10.0. The van der Waals surface area contributed by atoms with Gasteiger partial charge in [-0.3, -0.25) is 4.79 Å². The van der Waals surface area contributed by atoms with Gasteiger partial charge in [-0.05, 0) is 32.3 Å². The molecular formula is C20H35NO6S2. The highest BCUT2D eigenvalue weighted by molar-refractivity contribution is 8.17. The molecule has 1 amide bonds. The summed E-state index contributed by atoms with van der Waals surface area (Å²) < 4.78 is 16.6. The molecule has 2 rings (SSSR count). The van der Waals surface area contributed by atoms with E-state index < -0.39 is 36.2 Å². The monoisotopic (exact) mass is 449 g/mol. The van der Waals surface area contributed by atoms with Crippen LogP contribution in [0.5, 0.6) is 0 Å². The van der Waals surface area contributed by atoms with Crippen LogP contribution >= 0.6 is 23.5 Å². The molecule has 168 valence electrons. The summed E-state index contributed by atoms with van der Waals surface area (Å²) in [5.74, 6) is 0.630. The fraction of sp³-hybridized carbons (Fsp3) is 0.850. The van der Waals surface area contributed by atoms with E-state index >= 15 is 0 Å². The number of rotatable bonds is 11. The highest BCUT2D eigenvalue weighted by atomic mass is 32.2. The van der Waals surface area contributed by atoms with Crippen LogP contribution in [0.25, 0.3) is 0 Å². The zero-order valence-electron chi connectivity index (χ0n) is 18.2. The van der Waals surface area contributed by atoms with E-state index in [-0.39, 0.29) is 23.1 Å². The van der Waals surface area contributed by atoms with Crippen molar-refractivity contribution in [3.8, 4) is 0 Å². The minimum Gasteiger partial charge on any atom is -0.388 e. The second-order valence-electron chi connectivity index (χ2n) is 7.81. The summed E-state index contributed by atoms with van der Waals surface area (Å²) in [6, 6.07) is -0.957. The fourth-order valence-electron chi connectivity index (χ4n) is 3.88. The molecule has 2 N–H and O–H groups in total. The van der Waals surface area contributed by atoms with Crippen molar-refractivity contribution in [1.82, 2.24) is 4.90 Å². The van der Waals surface area contributed by atoms with Crippen LogP contribution in [-0.4, -0.2) is 93.1 Å². The van der Waals surface area contributed by atoms with Gasteiger partial charge in [0.1, 0.15) is 18.3 Å². The van der Waals surface area contributed by atoms with Gasteiger partial charge in [-0.25, -0.2) is 0 Å². The Morgan fingerprint density at radius 2 is 1.93 bits per heavy atom. The number of hydrogen-bond acceptors (Lipinski definition) is 8. The van der Waals surface area contributed by atoms with E-state index in [1.54, 1.807) is 42.3 Å². The van der Waals surface area contributed by atoms with Crippen LogP contribution in [0, 0.1) is 0 Å². The maximum Gasteiger partial charge on any atom is 0.255 e. The van der Waals surface area contributed by atoms with Gasteiger partial charge in [-0.2, -0.15) is 0 Å². The van der Waals surface area contributed by atoms with Crippen LogP contribution in [0.4, 0.5) is 0 Å². The van der Waals surface area contributed by atoms with Gasteiger partial charge < -0.3 is 29.3 Å². The number of ether oxygens (including phenoxy) is 3. The molecular weight excluding hydrogens is 414 g/mol. The van der Waals surface area contributed by atoms with Crippen molar-refractivity contribution < 1.29 is 29.2 Å². The summed E-state index contributed by atoms with van der Waals surface area (Å²) in [6.45, 7) is 13.7. The number of amides is 1. The van der Waals surface area contributed by atoms with E-state index in [0.717, 1.165) is 17.1 Å². The summed E-state index contributed by atoms with van der Waals surface area (Å²) >= 11 is 3.31. The average molecular weight is 450 g/mol. The molecule has 0 unspecified atom stereocenters. The second-order valence-corrected chi connectivity index (χ2v) is 10.9. The van der Waals surface area contributed by atoms with Gasteiger partial charge in [0.15, 0.2) is 11.9 Å². The highest BCUT2D eigenvalue weighted by Gasteiger charge is 2.56. The standard InChI is InChI=1S/C20H35NO6S2/c1-8-28-19(29-9-2)14(21-13(11(3)4)17(25-7)18(21)24)16(23)15(22)12-10-26-20(5,6)27-12/h12-17,19,22-23H,3,8-10H2,1-2,4-7H3/t12-,13-,14+,15+,16-,17+/m1/s1. The lowest BCUT2D eigenvalue weighted by atomic mass is 9.87. The number of nitrogens with zero attached hydrogens (tertiary/aromatic N) is 1. The van der Waals surface area contributed by atoms with Crippen LogP contribution in [0.15, 0.2) is 12.2 Å². The predicted octanol–water partition coefficient (Wildman–Crippen LogP) is 1.86. The Morgan fingerprint density at radius 1 is 1.34 bits per heavy atom. The maximum absolute atomic E-state index is 12.9. The zero-order chi connectivity index (χ0) is 21.9. The molecule has 9 heteroatoms. The molecule has 0 spiro atoms. The Bertz CT molecular complexity index is 583. The molecule has 2 heterocycles. The van der Waals surface area contributed by atoms with Gasteiger partial charge in [-0.15, -0.1) is 23.5 Å². The molecule has 0 aromatic carbocycles. The molecule has 0 saturated carbocycles. The van der Waals surface area contributed by atoms with E-state index in [1.165, 1.54) is 7.11 Å².